The van der Waals surface area contributed by atoms with Crippen LogP contribution in [0.4, 0.5) is 5.69 Å². The third-order valence-electron chi connectivity index (χ3n) is 3.81. The molecule has 0 atom stereocenters. The molecular formula is C19H26N2O5. The number of benzene rings is 1. The van der Waals surface area contributed by atoms with E-state index in [2.05, 4.69) is 0 Å². The lowest BCUT2D eigenvalue weighted by molar-refractivity contribution is -0.146. The average Bonchev–Trinajstić information content (AvgIpc) is 2.58. The zero-order valence-corrected chi connectivity index (χ0v) is 15.3. The van der Waals surface area contributed by atoms with Gasteiger partial charge in [-0.2, -0.15) is 5.01 Å². The number of nitrogens with zero attached hydrogens (tertiary/aromatic N) is 2. The number of hydrazine groups is 1. The lowest BCUT2D eigenvalue weighted by Crippen LogP contribution is -2.51. The topological polar surface area (TPSA) is 95.0 Å². The number of unbranched alkanes of at least 4 members (excludes halogenated alkanes) is 4. The number of hydrogen-bond acceptors (Lipinski definition) is 4. The van der Waals surface area contributed by atoms with Crippen molar-refractivity contribution < 1.29 is 24.3 Å². The van der Waals surface area contributed by atoms with Crippen LogP contribution in [-0.2, 0) is 19.2 Å². The minimum absolute atomic E-state index is 0.160. The molecule has 142 valence electrons. The summed E-state index contributed by atoms with van der Waals surface area (Å²) < 4.78 is 0. The van der Waals surface area contributed by atoms with Crippen LogP contribution in [-0.4, -0.2) is 33.8 Å². The lowest BCUT2D eigenvalue weighted by atomic mass is 10.1. The summed E-state index contributed by atoms with van der Waals surface area (Å²) in [4.78, 5) is 46.9. The molecule has 7 heteroatoms. The highest BCUT2D eigenvalue weighted by Gasteiger charge is 2.28. The first-order valence-corrected chi connectivity index (χ1v) is 8.75. The number of carboxylic acid groups (broad SMARTS) is 1. The second-order valence-electron chi connectivity index (χ2n) is 6.05. The van der Waals surface area contributed by atoms with E-state index in [9.17, 15) is 19.2 Å². The average molecular weight is 362 g/mol. The first-order chi connectivity index (χ1) is 12.3. The van der Waals surface area contributed by atoms with Crippen LogP contribution in [0, 0.1) is 0 Å². The van der Waals surface area contributed by atoms with Crippen molar-refractivity contribution in [3.63, 3.8) is 0 Å². The number of rotatable bonds is 9. The SMILES string of the molecule is CC(=O)N(C(C)=O)N(C(=O)CCCCCCCC(=O)O)c1ccccc1. The molecule has 0 heterocycles. The van der Waals surface area contributed by atoms with Crippen LogP contribution < -0.4 is 5.01 Å². The molecule has 0 aliphatic rings. The van der Waals surface area contributed by atoms with Gasteiger partial charge in [0.1, 0.15) is 0 Å². The molecule has 3 amide bonds. The second-order valence-corrected chi connectivity index (χ2v) is 6.05. The van der Waals surface area contributed by atoms with Crippen molar-refractivity contribution in [2.24, 2.45) is 0 Å². The van der Waals surface area contributed by atoms with E-state index < -0.39 is 17.8 Å². The van der Waals surface area contributed by atoms with E-state index in [4.69, 9.17) is 5.11 Å². The Kier molecular flexibility index (Phi) is 9.05. The van der Waals surface area contributed by atoms with Crippen molar-refractivity contribution in [1.82, 2.24) is 5.01 Å². The van der Waals surface area contributed by atoms with Gasteiger partial charge in [-0.05, 0) is 25.0 Å². The third kappa shape index (κ3) is 7.04. The van der Waals surface area contributed by atoms with E-state index in [0.717, 1.165) is 29.3 Å². The van der Waals surface area contributed by atoms with E-state index in [0.29, 0.717) is 18.5 Å². The number of carbonyl (C=O) groups is 4. The molecule has 0 saturated heterocycles. The van der Waals surface area contributed by atoms with Crippen LogP contribution in [0.25, 0.3) is 0 Å². The number of carboxylic acids is 1. The molecule has 1 aromatic rings. The Hall–Kier alpha value is -2.70. The Labute approximate surface area is 153 Å². The van der Waals surface area contributed by atoms with Gasteiger partial charge in [-0.3, -0.25) is 19.2 Å². The fraction of sp³-hybridized carbons (Fsp3) is 0.474. The van der Waals surface area contributed by atoms with Crippen LogP contribution in [0.5, 0.6) is 0 Å². The van der Waals surface area contributed by atoms with Gasteiger partial charge in [-0.15, -0.1) is 0 Å². The molecule has 0 aliphatic heterocycles. The number of hydrogen-bond donors (Lipinski definition) is 1. The van der Waals surface area contributed by atoms with Gasteiger partial charge in [0.2, 0.25) is 17.7 Å². The summed E-state index contributed by atoms with van der Waals surface area (Å²) in [5.74, 6) is -2.17. The van der Waals surface area contributed by atoms with Crippen molar-refractivity contribution >= 4 is 29.4 Å². The van der Waals surface area contributed by atoms with E-state index in [1.807, 2.05) is 0 Å². The number of imide groups is 1. The fourth-order valence-corrected chi connectivity index (χ4v) is 2.63. The number of amides is 3. The molecule has 0 unspecified atom stereocenters. The van der Waals surface area contributed by atoms with Crippen molar-refractivity contribution in [3.8, 4) is 0 Å². The highest BCUT2D eigenvalue weighted by molar-refractivity contribution is 6.03. The van der Waals surface area contributed by atoms with Gasteiger partial charge in [0.15, 0.2) is 0 Å². The Morgan fingerprint density at radius 3 is 1.81 bits per heavy atom. The Balaban J connectivity index is 2.67. The van der Waals surface area contributed by atoms with E-state index in [1.165, 1.54) is 13.8 Å². The number of carbonyl (C=O) groups excluding carboxylic acids is 3. The molecule has 0 saturated carbocycles. The Bertz CT molecular complexity index is 616. The zero-order chi connectivity index (χ0) is 19.5. The van der Waals surface area contributed by atoms with Crippen LogP contribution in [0.3, 0.4) is 0 Å². The minimum Gasteiger partial charge on any atom is -0.481 e. The number of anilines is 1. The van der Waals surface area contributed by atoms with Gasteiger partial charge in [-0.25, -0.2) is 5.01 Å². The van der Waals surface area contributed by atoms with Crippen molar-refractivity contribution in [3.05, 3.63) is 30.3 Å². The molecule has 1 rings (SSSR count). The molecular weight excluding hydrogens is 336 g/mol. The maximum Gasteiger partial charge on any atom is 0.303 e. The molecule has 1 N–H and O–H groups in total. The van der Waals surface area contributed by atoms with Gasteiger partial charge >= 0.3 is 5.97 Å². The Morgan fingerprint density at radius 2 is 1.31 bits per heavy atom. The highest BCUT2D eigenvalue weighted by Crippen LogP contribution is 2.19. The first kappa shape index (κ1) is 21.3. The van der Waals surface area contributed by atoms with E-state index in [1.54, 1.807) is 30.3 Å². The summed E-state index contributed by atoms with van der Waals surface area (Å²) in [6.45, 7) is 2.49. The molecule has 0 radical (unpaired) electrons. The molecule has 0 aliphatic carbocycles. The van der Waals surface area contributed by atoms with Crippen molar-refractivity contribution in [2.75, 3.05) is 5.01 Å². The van der Waals surface area contributed by atoms with Crippen molar-refractivity contribution in [2.45, 2.75) is 58.8 Å². The minimum atomic E-state index is -0.799. The van der Waals surface area contributed by atoms with Gasteiger partial charge in [0, 0.05) is 26.7 Å². The highest BCUT2D eigenvalue weighted by atomic mass is 16.4. The molecule has 0 bridgehead atoms. The second kappa shape index (κ2) is 11.0. The number of aliphatic carboxylic acids is 1. The van der Waals surface area contributed by atoms with Crippen molar-refractivity contribution in [1.29, 1.82) is 0 Å². The summed E-state index contributed by atoms with van der Waals surface area (Å²) in [5, 5.41) is 10.6. The van der Waals surface area contributed by atoms with E-state index in [-0.39, 0.29) is 18.7 Å². The van der Waals surface area contributed by atoms with Crippen LogP contribution >= 0.6 is 0 Å². The molecule has 1 aromatic carbocycles. The van der Waals surface area contributed by atoms with Gasteiger partial charge in [0.25, 0.3) is 0 Å². The lowest BCUT2D eigenvalue weighted by Gasteiger charge is -2.31. The molecule has 0 aromatic heterocycles. The molecule has 7 nitrogen and oxygen atoms in total. The van der Waals surface area contributed by atoms with Gasteiger partial charge < -0.3 is 5.11 Å². The first-order valence-electron chi connectivity index (χ1n) is 8.75. The van der Waals surface area contributed by atoms with Crippen LogP contribution in [0.15, 0.2) is 30.3 Å². The standard InChI is InChI=1S/C19H26N2O5/c1-15(22)20(16(2)23)21(17-11-7-6-8-12-17)18(24)13-9-4-3-5-10-14-19(25)26/h6-8,11-12H,3-5,9-10,13-14H2,1-2H3,(H,25,26). The monoisotopic (exact) mass is 362 g/mol. The predicted molar refractivity (Wildman–Crippen MR) is 97.1 cm³/mol. The molecule has 0 fully saturated rings. The fourth-order valence-electron chi connectivity index (χ4n) is 2.63. The number of para-hydroxylation sites is 1. The normalized spacial score (nSPS) is 10.2. The summed E-state index contributed by atoms with van der Waals surface area (Å²) in [6.07, 6.45) is 4.03. The summed E-state index contributed by atoms with van der Waals surface area (Å²) in [5.41, 5.74) is 0.462. The maximum atomic E-state index is 12.7. The molecule has 0 spiro atoms. The van der Waals surface area contributed by atoms with Crippen LogP contribution in [0.1, 0.15) is 58.8 Å². The summed E-state index contributed by atoms with van der Waals surface area (Å²) in [6, 6.07) is 8.59. The third-order valence-corrected chi connectivity index (χ3v) is 3.81. The summed E-state index contributed by atoms with van der Waals surface area (Å²) in [7, 11) is 0. The largest absolute Gasteiger partial charge is 0.481 e. The summed E-state index contributed by atoms with van der Waals surface area (Å²) >= 11 is 0. The van der Waals surface area contributed by atoms with E-state index >= 15 is 0 Å². The van der Waals surface area contributed by atoms with Gasteiger partial charge in [-0.1, -0.05) is 37.5 Å². The maximum absolute atomic E-state index is 12.7. The predicted octanol–water partition coefficient (Wildman–Crippen LogP) is 3.14. The Morgan fingerprint density at radius 1 is 0.808 bits per heavy atom. The smallest absolute Gasteiger partial charge is 0.303 e. The zero-order valence-electron chi connectivity index (χ0n) is 15.3. The quantitative estimate of drug-likeness (QED) is 0.538. The van der Waals surface area contributed by atoms with Crippen LogP contribution in [0.2, 0.25) is 0 Å². The molecule has 26 heavy (non-hydrogen) atoms. The van der Waals surface area contributed by atoms with Gasteiger partial charge in [0.05, 0.1) is 5.69 Å².